The van der Waals surface area contributed by atoms with Gasteiger partial charge < -0.3 is 10.3 Å². The van der Waals surface area contributed by atoms with Gasteiger partial charge in [0.05, 0.1) is 17.6 Å². The Morgan fingerprint density at radius 3 is 3.10 bits per heavy atom. The van der Waals surface area contributed by atoms with E-state index in [0.717, 1.165) is 35.9 Å². The Kier molecular flexibility index (Phi) is 5.54. The summed E-state index contributed by atoms with van der Waals surface area (Å²) < 4.78 is 1.82. The average Bonchev–Trinajstić information content (AvgIpc) is 3.29. The minimum atomic E-state index is -0.114. The maximum absolute atomic E-state index is 12.7. The lowest BCUT2D eigenvalue weighted by molar-refractivity contribution is -0.116. The molecule has 0 aliphatic heterocycles. The second-order valence-corrected chi connectivity index (χ2v) is 9.09. The molecule has 0 saturated carbocycles. The predicted molar refractivity (Wildman–Crippen MR) is 116 cm³/mol. The predicted octanol–water partition coefficient (Wildman–Crippen LogP) is 3.85. The van der Waals surface area contributed by atoms with Crippen LogP contribution in [-0.2, 0) is 24.1 Å². The number of nitrogens with zero attached hydrogens (tertiary/aromatic N) is 3. The second-order valence-electron chi connectivity index (χ2n) is 8.01. The Balaban J connectivity index is 1.47. The molecule has 7 nitrogen and oxygen atoms in total. The van der Waals surface area contributed by atoms with Crippen molar-refractivity contribution in [1.82, 2.24) is 19.7 Å². The maximum Gasteiger partial charge on any atom is 0.259 e. The van der Waals surface area contributed by atoms with Crippen LogP contribution in [0.25, 0.3) is 10.2 Å². The van der Waals surface area contributed by atoms with Gasteiger partial charge in [0.1, 0.15) is 16.5 Å². The number of aromatic nitrogens is 4. The van der Waals surface area contributed by atoms with Gasteiger partial charge in [-0.15, -0.1) is 11.3 Å². The lowest BCUT2D eigenvalue weighted by atomic mass is 9.89. The molecule has 2 N–H and O–H groups in total. The number of hydrogen-bond acceptors (Lipinski definition) is 5. The molecule has 2 unspecified atom stereocenters. The van der Waals surface area contributed by atoms with Gasteiger partial charge in [-0.25, -0.2) is 9.67 Å². The van der Waals surface area contributed by atoms with Crippen molar-refractivity contribution in [3.63, 3.8) is 0 Å². The topological polar surface area (TPSA) is 92.7 Å². The van der Waals surface area contributed by atoms with Crippen LogP contribution in [0, 0.1) is 5.92 Å². The lowest BCUT2D eigenvalue weighted by Gasteiger charge is -2.17. The fourth-order valence-corrected chi connectivity index (χ4v) is 5.29. The summed E-state index contributed by atoms with van der Waals surface area (Å²) in [6.07, 6.45) is 6.36. The molecule has 29 heavy (non-hydrogen) atoms. The average molecular weight is 414 g/mol. The summed E-state index contributed by atoms with van der Waals surface area (Å²) in [7, 11) is 0. The van der Waals surface area contributed by atoms with E-state index in [1.165, 1.54) is 10.4 Å². The Morgan fingerprint density at radius 1 is 1.48 bits per heavy atom. The molecule has 1 aliphatic carbocycles. The van der Waals surface area contributed by atoms with E-state index >= 15 is 0 Å². The summed E-state index contributed by atoms with van der Waals surface area (Å²) in [4.78, 5) is 34.7. The molecule has 0 radical (unpaired) electrons. The lowest BCUT2D eigenvalue weighted by Crippen LogP contribution is -2.19. The van der Waals surface area contributed by atoms with E-state index in [0.29, 0.717) is 24.0 Å². The van der Waals surface area contributed by atoms with Crippen molar-refractivity contribution in [2.24, 2.45) is 5.92 Å². The van der Waals surface area contributed by atoms with Gasteiger partial charge in [0, 0.05) is 23.8 Å². The fourth-order valence-electron chi connectivity index (χ4n) is 3.89. The first kappa shape index (κ1) is 19.8. The third-order valence-corrected chi connectivity index (χ3v) is 6.90. The van der Waals surface area contributed by atoms with E-state index in [2.05, 4.69) is 41.2 Å². The van der Waals surface area contributed by atoms with Gasteiger partial charge in [0.15, 0.2) is 0 Å². The molecule has 0 saturated heterocycles. The van der Waals surface area contributed by atoms with E-state index in [-0.39, 0.29) is 23.9 Å². The number of anilines is 1. The Bertz CT molecular complexity index is 1100. The summed E-state index contributed by atoms with van der Waals surface area (Å²) in [5.41, 5.74) is 1.10. The van der Waals surface area contributed by atoms with Crippen molar-refractivity contribution in [3.8, 4) is 0 Å². The molecule has 2 atom stereocenters. The Hall–Kier alpha value is -2.48. The van der Waals surface area contributed by atoms with Crippen molar-refractivity contribution in [2.45, 2.75) is 65.3 Å². The molecule has 3 aromatic heterocycles. The number of rotatable bonds is 6. The molecular weight excluding hydrogens is 386 g/mol. The summed E-state index contributed by atoms with van der Waals surface area (Å²) in [5.74, 6) is 1.81. The van der Waals surface area contributed by atoms with Crippen LogP contribution < -0.4 is 10.9 Å². The zero-order chi connectivity index (χ0) is 20.5. The van der Waals surface area contributed by atoms with Crippen LogP contribution in [0.3, 0.4) is 0 Å². The first-order valence-electron chi connectivity index (χ1n) is 10.3. The van der Waals surface area contributed by atoms with E-state index in [4.69, 9.17) is 0 Å². The highest BCUT2D eigenvalue weighted by Crippen LogP contribution is 2.35. The van der Waals surface area contributed by atoms with Crippen molar-refractivity contribution in [3.05, 3.63) is 38.9 Å². The van der Waals surface area contributed by atoms with Gasteiger partial charge in [-0.1, -0.05) is 13.8 Å². The first-order chi connectivity index (χ1) is 14.0. The van der Waals surface area contributed by atoms with Crippen molar-refractivity contribution in [2.75, 3.05) is 5.32 Å². The van der Waals surface area contributed by atoms with Gasteiger partial charge in [-0.3, -0.25) is 9.59 Å². The summed E-state index contributed by atoms with van der Waals surface area (Å²) in [5, 5.41) is 7.95. The zero-order valence-electron chi connectivity index (χ0n) is 17.1. The molecule has 0 fully saturated rings. The SMILES string of the molecule is CCC(C)n1nccc1NC(=O)CCc1nc2sc3c(c2c(=O)[nH]1)CCC(C)C3. The molecule has 8 heteroatoms. The third kappa shape index (κ3) is 3.99. The molecule has 1 aliphatic rings. The summed E-state index contributed by atoms with van der Waals surface area (Å²) >= 11 is 1.63. The molecule has 4 rings (SSSR count). The fraction of sp³-hybridized carbons (Fsp3) is 0.524. The Morgan fingerprint density at radius 2 is 2.31 bits per heavy atom. The number of aryl methyl sites for hydroxylation is 2. The summed E-state index contributed by atoms with van der Waals surface area (Å²) in [6, 6.07) is 2.02. The number of nitrogens with one attached hydrogen (secondary N) is 2. The molecule has 1 amide bonds. The normalized spacial score (nSPS) is 17.3. The van der Waals surface area contributed by atoms with Crippen LogP contribution in [0.2, 0.25) is 0 Å². The number of aromatic amines is 1. The number of carbonyl (C=O) groups is 1. The molecule has 3 heterocycles. The van der Waals surface area contributed by atoms with Crippen LogP contribution in [0.5, 0.6) is 0 Å². The number of thiophene rings is 1. The highest BCUT2D eigenvalue weighted by molar-refractivity contribution is 7.18. The molecule has 3 aromatic rings. The van der Waals surface area contributed by atoms with Gasteiger partial charge >= 0.3 is 0 Å². The number of amides is 1. The van der Waals surface area contributed by atoms with Crippen LogP contribution in [0.4, 0.5) is 5.82 Å². The molecule has 154 valence electrons. The van der Waals surface area contributed by atoms with Crippen LogP contribution in [0.1, 0.15) is 62.3 Å². The molecule has 0 aromatic carbocycles. The zero-order valence-corrected chi connectivity index (χ0v) is 17.9. The van der Waals surface area contributed by atoms with Crippen LogP contribution in [0.15, 0.2) is 17.1 Å². The largest absolute Gasteiger partial charge is 0.311 e. The highest BCUT2D eigenvalue weighted by Gasteiger charge is 2.23. The van der Waals surface area contributed by atoms with Gasteiger partial charge in [0.2, 0.25) is 5.91 Å². The van der Waals surface area contributed by atoms with E-state index < -0.39 is 0 Å². The monoisotopic (exact) mass is 413 g/mol. The van der Waals surface area contributed by atoms with Gasteiger partial charge in [0.25, 0.3) is 5.56 Å². The first-order valence-corrected chi connectivity index (χ1v) is 11.1. The van der Waals surface area contributed by atoms with Crippen molar-refractivity contribution in [1.29, 1.82) is 0 Å². The standard InChI is InChI=1S/C21H27N5O2S/c1-4-13(3)26-17(9-10-22-26)25-18(27)8-7-16-23-20(28)19-14-6-5-12(2)11-15(14)29-21(19)24-16/h9-10,12-13H,4-8,11H2,1-3H3,(H,25,27)(H,23,24,28). The minimum Gasteiger partial charge on any atom is -0.311 e. The van der Waals surface area contributed by atoms with E-state index in [1.807, 2.05) is 4.68 Å². The van der Waals surface area contributed by atoms with Gasteiger partial charge in [-0.2, -0.15) is 5.10 Å². The molecular formula is C21H27N5O2S. The smallest absolute Gasteiger partial charge is 0.259 e. The number of fused-ring (bicyclic) bond motifs is 3. The molecule has 0 bridgehead atoms. The van der Waals surface area contributed by atoms with Crippen molar-refractivity contribution >= 4 is 33.3 Å². The van der Waals surface area contributed by atoms with Gasteiger partial charge in [-0.05, 0) is 44.1 Å². The number of carbonyl (C=O) groups excluding carboxylic acids is 1. The van der Waals surface area contributed by atoms with Crippen molar-refractivity contribution < 1.29 is 4.79 Å². The highest BCUT2D eigenvalue weighted by atomic mass is 32.1. The van der Waals surface area contributed by atoms with Crippen LogP contribution >= 0.6 is 11.3 Å². The van der Waals surface area contributed by atoms with Crippen LogP contribution in [-0.4, -0.2) is 25.7 Å². The minimum absolute atomic E-state index is 0.0766. The second kappa shape index (κ2) is 8.10. The maximum atomic E-state index is 12.7. The van der Waals surface area contributed by atoms with E-state index in [9.17, 15) is 9.59 Å². The van der Waals surface area contributed by atoms with E-state index in [1.54, 1.807) is 23.6 Å². The Labute approximate surface area is 173 Å². The third-order valence-electron chi connectivity index (χ3n) is 5.75. The summed E-state index contributed by atoms with van der Waals surface area (Å²) in [6.45, 7) is 6.40. The molecule has 0 spiro atoms. The quantitative estimate of drug-likeness (QED) is 0.642. The number of hydrogen-bond donors (Lipinski definition) is 2. The number of H-pyrrole nitrogens is 1.